The summed E-state index contributed by atoms with van der Waals surface area (Å²) in [6, 6.07) is 1.64. The van der Waals surface area contributed by atoms with Crippen LogP contribution in [0.1, 0.15) is 16.7 Å². The summed E-state index contributed by atoms with van der Waals surface area (Å²) < 4.78 is 10.6. The molecule has 0 unspecified atom stereocenters. The SMILES string of the molecule is Cc1cc(O)c(P=O)c(C)c1C. The molecule has 1 rings (SSSR count). The summed E-state index contributed by atoms with van der Waals surface area (Å²) in [6.07, 6.45) is 0. The molecule has 0 aliphatic carbocycles. The lowest BCUT2D eigenvalue weighted by molar-refractivity contribution is 0.478. The first-order chi connectivity index (χ1) is 5.57. The molecule has 1 aromatic rings. The third-order valence-corrected chi connectivity index (χ3v) is 2.94. The molecule has 0 aromatic heterocycles. The molecule has 2 nitrogen and oxygen atoms in total. The van der Waals surface area contributed by atoms with E-state index in [9.17, 15) is 9.67 Å². The normalized spacial score (nSPS) is 10.6. The molecule has 0 radical (unpaired) electrons. The van der Waals surface area contributed by atoms with Gasteiger partial charge in [-0.15, -0.1) is 0 Å². The third kappa shape index (κ3) is 1.35. The van der Waals surface area contributed by atoms with Gasteiger partial charge < -0.3 is 5.11 Å². The Morgan fingerprint density at radius 1 is 1.25 bits per heavy atom. The second-order valence-electron chi connectivity index (χ2n) is 2.90. The van der Waals surface area contributed by atoms with Crippen molar-refractivity contribution in [1.82, 2.24) is 0 Å². The van der Waals surface area contributed by atoms with E-state index in [2.05, 4.69) is 0 Å². The van der Waals surface area contributed by atoms with Gasteiger partial charge in [-0.2, -0.15) is 0 Å². The van der Waals surface area contributed by atoms with Crippen molar-refractivity contribution in [3.63, 3.8) is 0 Å². The highest BCUT2D eigenvalue weighted by Crippen LogP contribution is 2.21. The van der Waals surface area contributed by atoms with Gasteiger partial charge in [0.2, 0.25) is 0 Å². The van der Waals surface area contributed by atoms with Gasteiger partial charge in [-0.3, -0.25) is 4.57 Å². The van der Waals surface area contributed by atoms with Gasteiger partial charge >= 0.3 is 0 Å². The fourth-order valence-corrected chi connectivity index (χ4v) is 1.63. The molecular weight excluding hydrogens is 171 g/mol. The quantitative estimate of drug-likeness (QED) is 0.676. The molecule has 0 amide bonds. The predicted molar refractivity (Wildman–Crippen MR) is 49.6 cm³/mol. The van der Waals surface area contributed by atoms with Crippen LogP contribution in [0.2, 0.25) is 0 Å². The topological polar surface area (TPSA) is 37.3 Å². The van der Waals surface area contributed by atoms with Gasteiger partial charge in [-0.25, -0.2) is 0 Å². The molecular formula is C9H11O2P. The molecule has 0 saturated carbocycles. The van der Waals surface area contributed by atoms with E-state index in [4.69, 9.17) is 0 Å². The lowest BCUT2D eigenvalue weighted by Gasteiger charge is -2.07. The number of phenolic OH excluding ortho intramolecular Hbond substituents is 1. The van der Waals surface area contributed by atoms with Crippen LogP contribution in [0.3, 0.4) is 0 Å². The Morgan fingerprint density at radius 3 is 2.33 bits per heavy atom. The van der Waals surface area contributed by atoms with Gasteiger partial charge in [0, 0.05) is 0 Å². The summed E-state index contributed by atoms with van der Waals surface area (Å²) in [5.74, 6) is 0.118. The van der Waals surface area contributed by atoms with Crippen LogP contribution in [-0.2, 0) is 4.57 Å². The maximum absolute atomic E-state index is 10.6. The fourth-order valence-electron chi connectivity index (χ4n) is 1.16. The van der Waals surface area contributed by atoms with E-state index >= 15 is 0 Å². The fraction of sp³-hybridized carbons (Fsp3) is 0.333. The Labute approximate surface area is 73.4 Å². The summed E-state index contributed by atoms with van der Waals surface area (Å²) >= 11 is 0. The number of phenols is 1. The van der Waals surface area contributed by atoms with Crippen molar-refractivity contribution in [2.75, 3.05) is 0 Å². The summed E-state index contributed by atoms with van der Waals surface area (Å²) in [6.45, 7) is 5.74. The molecule has 0 aliphatic rings. The third-order valence-electron chi connectivity index (χ3n) is 2.20. The Kier molecular flexibility index (Phi) is 2.49. The standard InChI is InChI=1S/C9H11O2P/c1-5-4-8(10)9(12-11)7(3)6(5)2/h4,10H,1-3H3. The lowest BCUT2D eigenvalue weighted by Crippen LogP contribution is -2.03. The van der Waals surface area contributed by atoms with Gasteiger partial charge in [0.1, 0.15) is 5.75 Å². The number of hydrogen-bond donors (Lipinski definition) is 1. The minimum absolute atomic E-state index is 0.117. The molecule has 64 valence electrons. The molecule has 0 aliphatic heterocycles. The first-order valence-corrected chi connectivity index (χ1v) is 4.52. The molecule has 0 heterocycles. The zero-order chi connectivity index (χ0) is 9.30. The maximum atomic E-state index is 10.6. The van der Waals surface area contributed by atoms with Crippen LogP contribution in [-0.4, -0.2) is 5.11 Å². The first-order valence-electron chi connectivity index (χ1n) is 3.71. The summed E-state index contributed by atoms with van der Waals surface area (Å²) in [5.41, 5.74) is 3.02. The monoisotopic (exact) mass is 182 g/mol. The van der Waals surface area contributed by atoms with Crippen LogP contribution in [0.5, 0.6) is 5.75 Å². The Balaban J connectivity index is 3.51. The highest BCUT2D eigenvalue weighted by molar-refractivity contribution is 7.34. The van der Waals surface area contributed by atoms with Gasteiger partial charge in [0.05, 0.1) is 5.30 Å². The highest BCUT2D eigenvalue weighted by atomic mass is 31.1. The molecule has 0 fully saturated rings. The number of benzene rings is 1. The Bertz CT molecular complexity index is 332. The van der Waals surface area contributed by atoms with Gasteiger partial charge in [-0.1, -0.05) is 0 Å². The van der Waals surface area contributed by atoms with Crippen LogP contribution in [0.25, 0.3) is 0 Å². The summed E-state index contributed by atoms with van der Waals surface area (Å²) in [7, 11) is -0.117. The zero-order valence-corrected chi connectivity index (χ0v) is 8.27. The lowest BCUT2D eigenvalue weighted by atomic mass is 10.0. The van der Waals surface area contributed by atoms with Crippen molar-refractivity contribution in [1.29, 1.82) is 0 Å². The molecule has 0 atom stereocenters. The average molecular weight is 182 g/mol. The van der Waals surface area contributed by atoms with E-state index in [1.165, 1.54) is 0 Å². The van der Waals surface area contributed by atoms with Crippen LogP contribution < -0.4 is 5.30 Å². The molecule has 0 bridgehead atoms. The molecule has 3 heteroatoms. The molecule has 12 heavy (non-hydrogen) atoms. The van der Waals surface area contributed by atoms with Crippen molar-refractivity contribution in [3.05, 3.63) is 22.8 Å². The first kappa shape index (κ1) is 9.21. The second kappa shape index (κ2) is 3.24. The van der Waals surface area contributed by atoms with Crippen LogP contribution in [0.4, 0.5) is 0 Å². The number of hydrogen-bond acceptors (Lipinski definition) is 2. The Morgan fingerprint density at radius 2 is 1.83 bits per heavy atom. The smallest absolute Gasteiger partial charge is 0.196 e. The van der Waals surface area contributed by atoms with Crippen molar-refractivity contribution >= 4 is 13.8 Å². The number of aromatic hydroxyl groups is 1. The largest absolute Gasteiger partial charge is 0.507 e. The van der Waals surface area contributed by atoms with E-state index in [0.29, 0.717) is 5.30 Å². The predicted octanol–water partition coefficient (Wildman–Crippen LogP) is 2.23. The zero-order valence-electron chi connectivity index (χ0n) is 7.38. The van der Waals surface area contributed by atoms with Crippen molar-refractivity contribution < 1.29 is 9.67 Å². The number of aryl methyl sites for hydroxylation is 1. The van der Waals surface area contributed by atoms with Crippen molar-refractivity contribution in [2.24, 2.45) is 0 Å². The van der Waals surface area contributed by atoms with E-state index in [1.807, 2.05) is 20.8 Å². The van der Waals surface area contributed by atoms with E-state index < -0.39 is 0 Å². The van der Waals surface area contributed by atoms with Crippen molar-refractivity contribution in [3.8, 4) is 5.75 Å². The van der Waals surface area contributed by atoms with Crippen LogP contribution >= 0.6 is 8.46 Å². The van der Waals surface area contributed by atoms with E-state index in [0.717, 1.165) is 16.7 Å². The van der Waals surface area contributed by atoms with Gasteiger partial charge in [0.25, 0.3) is 0 Å². The summed E-state index contributed by atoms with van der Waals surface area (Å²) in [4.78, 5) is 0. The van der Waals surface area contributed by atoms with Gasteiger partial charge in [-0.05, 0) is 43.5 Å². The van der Waals surface area contributed by atoms with Crippen LogP contribution in [0.15, 0.2) is 6.07 Å². The number of rotatable bonds is 1. The van der Waals surface area contributed by atoms with Gasteiger partial charge in [0.15, 0.2) is 8.46 Å². The van der Waals surface area contributed by atoms with E-state index in [-0.39, 0.29) is 14.2 Å². The molecule has 0 spiro atoms. The minimum Gasteiger partial charge on any atom is -0.507 e. The maximum Gasteiger partial charge on any atom is 0.196 e. The second-order valence-corrected chi connectivity index (χ2v) is 3.53. The van der Waals surface area contributed by atoms with Crippen LogP contribution in [0, 0.1) is 20.8 Å². The molecule has 1 aromatic carbocycles. The Hall–Kier alpha value is -0.880. The van der Waals surface area contributed by atoms with E-state index in [1.54, 1.807) is 6.07 Å². The molecule has 0 saturated heterocycles. The highest BCUT2D eigenvalue weighted by Gasteiger charge is 2.09. The average Bonchev–Trinajstić information content (AvgIpc) is 2.01. The summed E-state index contributed by atoms with van der Waals surface area (Å²) in [5, 5.41) is 9.89. The van der Waals surface area contributed by atoms with Crippen molar-refractivity contribution in [2.45, 2.75) is 20.8 Å². The minimum atomic E-state index is -0.117. The molecule has 1 N–H and O–H groups in total.